The molecule has 2 rings (SSSR count). The molecular weight excluding hydrogens is 212 g/mol. The van der Waals surface area contributed by atoms with E-state index in [0.29, 0.717) is 18.9 Å². The third-order valence-electron chi connectivity index (χ3n) is 2.80. The minimum atomic E-state index is -0.157. The van der Waals surface area contributed by atoms with Crippen LogP contribution in [0.5, 0.6) is 0 Å². The number of carbonyl (C=O) groups is 1. The predicted molar refractivity (Wildman–Crippen MR) is 67.6 cm³/mol. The summed E-state index contributed by atoms with van der Waals surface area (Å²) in [6, 6.07) is 8.19. The van der Waals surface area contributed by atoms with Crippen molar-refractivity contribution in [1.29, 1.82) is 0 Å². The molecule has 0 saturated carbocycles. The molecule has 1 aromatic carbocycles. The van der Waals surface area contributed by atoms with Crippen molar-refractivity contribution in [2.75, 3.05) is 0 Å². The number of ether oxygens (including phenoxy) is 1. The first-order valence-corrected chi connectivity index (χ1v) is 5.89. The highest BCUT2D eigenvalue weighted by atomic mass is 16.5. The van der Waals surface area contributed by atoms with Crippen molar-refractivity contribution < 1.29 is 9.53 Å². The predicted octanol–water partition coefficient (Wildman–Crippen LogP) is 3.35. The van der Waals surface area contributed by atoms with Gasteiger partial charge in [0.1, 0.15) is 6.61 Å². The molecule has 0 aliphatic heterocycles. The van der Waals surface area contributed by atoms with Gasteiger partial charge in [-0.2, -0.15) is 0 Å². The van der Waals surface area contributed by atoms with Gasteiger partial charge in [0.05, 0.1) is 0 Å². The number of hydrogen-bond donors (Lipinski definition) is 0. The molecule has 0 aromatic heterocycles. The first-order valence-electron chi connectivity index (χ1n) is 5.89. The molecule has 0 amide bonds. The summed E-state index contributed by atoms with van der Waals surface area (Å²) in [6.07, 6.45) is 8.86. The van der Waals surface area contributed by atoms with Gasteiger partial charge < -0.3 is 4.74 Å². The second kappa shape index (κ2) is 5.48. The molecule has 0 spiro atoms. The largest absolute Gasteiger partial charge is 0.461 e. The number of rotatable bonds is 4. The maximum Gasteiger partial charge on any atom is 0.305 e. The van der Waals surface area contributed by atoms with Crippen molar-refractivity contribution in [2.45, 2.75) is 25.9 Å². The van der Waals surface area contributed by atoms with E-state index in [2.05, 4.69) is 36.4 Å². The van der Waals surface area contributed by atoms with E-state index in [4.69, 9.17) is 4.74 Å². The highest BCUT2D eigenvalue weighted by Gasteiger charge is 2.06. The first kappa shape index (κ1) is 11.6. The van der Waals surface area contributed by atoms with E-state index >= 15 is 0 Å². The minimum Gasteiger partial charge on any atom is -0.461 e. The molecule has 0 unspecified atom stereocenters. The van der Waals surface area contributed by atoms with E-state index in [9.17, 15) is 4.79 Å². The Kier molecular flexibility index (Phi) is 3.76. The van der Waals surface area contributed by atoms with E-state index in [1.165, 1.54) is 5.56 Å². The lowest BCUT2D eigenvalue weighted by Gasteiger charge is -2.08. The summed E-state index contributed by atoms with van der Waals surface area (Å²) in [6.45, 7) is 2.16. The molecule has 2 heteroatoms. The van der Waals surface area contributed by atoms with Crippen LogP contribution in [0.25, 0.3) is 0 Å². The highest BCUT2D eigenvalue weighted by molar-refractivity contribution is 5.68. The van der Waals surface area contributed by atoms with E-state index in [1.54, 1.807) is 6.92 Å². The molecule has 0 fully saturated rings. The van der Waals surface area contributed by atoms with E-state index < -0.39 is 0 Å². The highest BCUT2D eigenvalue weighted by Crippen LogP contribution is 2.23. The van der Waals surface area contributed by atoms with Crippen LogP contribution in [-0.4, -0.2) is 5.97 Å². The van der Waals surface area contributed by atoms with Crippen LogP contribution in [0.15, 0.2) is 48.6 Å². The number of benzene rings is 1. The summed E-state index contributed by atoms with van der Waals surface area (Å²) >= 11 is 0. The van der Waals surface area contributed by atoms with Gasteiger partial charge in [0.15, 0.2) is 0 Å². The Labute approximate surface area is 102 Å². The molecule has 0 radical (unpaired) electrons. The van der Waals surface area contributed by atoms with Gasteiger partial charge >= 0.3 is 5.97 Å². The van der Waals surface area contributed by atoms with Gasteiger partial charge in [-0.3, -0.25) is 4.79 Å². The fourth-order valence-electron chi connectivity index (χ4n) is 1.76. The van der Waals surface area contributed by atoms with Crippen LogP contribution < -0.4 is 0 Å². The van der Waals surface area contributed by atoms with Gasteiger partial charge in [-0.05, 0) is 11.1 Å². The summed E-state index contributed by atoms with van der Waals surface area (Å²) in [7, 11) is 0. The smallest absolute Gasteiger partial charge is 0.305 e. The van der Waals surface area contributed by atoms with Gasteiger partial charge in [0, 0.05) is 12.3 Å². The van der Waals surface area contributed by atoms with Gasteiger partial charge in [-0.25, -0.2) is 0 Å². The van der Waals surface area contributed by atoms with Crippen LogP contribution in [0.1, 0.15) is 30.4 Å². The number of hydrogen-bond acceptors (Lipinski definition) is 2. The molecule has 88 valence electrons. The zero-order valence-corrected chi connectivity index (χ0v) is 9.93. The normalized spacial score (nSPS) is 14.2. The topological polar surface area (TPSA) is 26.3 Å². The van der Waals surface area contributed by atoms with Crippen LogP contribution in [0.2, 0.25) is 0 Å². The second-order valence-electron chi connectivity index (χ2n) is 4.05. The van der Waals surface area contributed by atoms with Crippen LogP contribution in [-0.2, 0) is 16.1 Å². The summed E-state index contributed by atoms with van der Waals surface area (Å²) in [4.78, 5) is 11.0. The molecule has 1 aromatic rings. The monoisotopic (exact) mass is 228 g/mol. The Morgan fingerprint density at radius 1 is 1.18 bits per heavy atom. The van der Waals surface area contributed by atoms with E-state index in [0.717, 1.165) is 5.56 Å². The third kappa shape index (κ3) is 3.06. The van der Waals surface area contributed by atoms with Gasteiger partial charge in [0.25, 0.3) is 0 Å². The quantitative estimate of drug-likeness (QED) is 0.739. The molecule has 0 N–H and O–H groups in total. The summed E-state index contributed by atoms with van der Waals surface area (Å²) in [5, 5.41) is 0. The van der Waals surface area contributed by atoms with Gasteiger partial charge in [-0.1, -0.05) is 55.5 Å². The van der Waals surface area contributed by atoms with Crippen LogP contribution in [0.4, 0.5) is 0 Å². The van der Waals surface area contributed by atoms with Crippen molar-refractivity contribution in [3.8, 4) is 0 Å². The molecule has 2 nitrogen and oxygen atoms in total. The Morgan fingerprint density at radius 2 is 1.82 bits per heavy atom. The Morgan fingerprint density at radius 3 is 2.41 bits per heavy atom. The number of allylic oxidation sites excluding steroid dienone is 4. The maximum absolute atomic E-state index is 11.0. The molecule has 1 aliphatic rings. The van der Waals surface area contributed by atoms with Gasteiger partial charge in [0.2, 0.25) is 0 Å². The zero-order chi connectivity index (χ0) is 12.1. The average Bonchev–Trinajstić information content (AvgIpc) is 2.90. The molecule has 0 atom stereocenters. The molecule has 17 heavy (non-hydrogen) atoms. The van der Waals surface area contributed by atoms with Crippen molar-refractivity contribution >= 4 is 5.97 Å². The first-order chi connectivity index (χ1) is 8.29. The zero-order valence-electron chi connectivity index (χ0n) is 9.93. The van der Waals surface area contributed by atoms with Crippen LogP contribution in [0, 0.1) is 0 Å². The summed E-state index contributed by atoms with van der Waals surface area (Å²) in [5.74, 6) is 0.234. The average molecular weight is 228 g/mol. The fourth-order valence-corrected chi connectivity index (χ4v) is 1.76. The lowest BCUT2D eigenvalue weighted by atomic mass is 10.00. The lowest BCUT2D eigenvalue weighted by Crippen LogP contribution is -2.02. The van der Waals surface area contributed by atoms with Crippen molar-refractivity contribution in [3.63, 3.8) is 0 Å². The lowest BCUT2D eigenvalue weighted by molar-refractivity contribution is -0.144. The number of carbonyl (C=O) groups excluding carboxylic acids is 1. The Balaban J connectivity index is 1.96. The van der Waals surface area contributed by atoms with Crippen molar-refractivity contribution in [1.82, 2.24) is 0 Å². The minimum absolute atomic E-state index is 0.157. The Hall–Kier alpha value is -1.83. The summed E-state index contributed by atoms with van der Waals surface area (Å²) in [5.41, 5.74) is 2.29. The maximum atomic E-state index is 11.0. The van der Waals surface area contributed by atoms with Gasteiger partial charge in [-0.15, -0.1) is 0 Å². The molecule has 0 heterocycles. The second-order valence-corrected chi connectivity index (χ2v) is 4.05. The summed E-state index contributed by atoms with van der Waals surface area (Å²) < 4.78 is 5.08. The van der Waals surface area contributed by atoms with Crippen LogP contribution in [0.3, 0.4) is 0 Å². The van der Waals surface area contributed by atoms with Crippen molar-refractivity contribution in [3.05, 3.63) is 59.7 Å². The molecular formula is C15H16O2. The standard InChI is InChI=1S/C15H16O2/c1-2-15(16)17-11-12-7-9-14(10-8-12)13-5-3-4-6-13/h3-10,13H,2,11H2,1H3. The SMILES string of the molecule is CCC(=O)OCc1ccc(C2C=CC=C2)cc1. The van der Waals surface area contributed by atoms with E-state index in [-0.39, 0.29) is 5.97 Å². The number of esters is 1. The van der Waals surface area contributed by atoms with Crippen LogP contribution >= 0.6 is 0 Å². The van der Waals surface area contributed by atoms with Crippen molar-refractivity contribution in [2.24, 2.45) is 0 Å². The molecule has 1 aliphatic carbocycles. The molecule has 0 bridgehead atoms. The molecule has 0 saturated heterocycles. The van der Waals surface area contributed by atoms with E-state index in [1.807, 2.05) is 12.1 Å². The third-order valence-corrected chi connectivity index (χ3v) is 2.80. The Bertz CT molecular complexity index is 428. The fraction of sp³-hybridized carbons (Fsp3) is 0.267.